The molecule has 1 unspecified atom stereocenters. The van der Waals surface area contributed by atoms with Crippen LogP contribution in [0.5, 0.6) is 11.5 Å². The molecule has 32 heavy (non-hydrogen) atoms. The molecule has 0 aliphatic carbocycles. The number of β-lactam (4-membered cyclic amide) rings is 1. The summed E-state index contributed by atoms with van der Waals surface area (Å²) in [7, 11) is 0. The number of carbonyl (C=O) groups is 2. The highest BCUT2D eigenvalue weighted by Crippen LogP contribution is 2.43. The van der Waals surface area contributed by atoms with Crippen molar-refractivity contribution in [2.75, 3.05) is 43.3 Å². The normalized spacial score (nSPS) is 20.2. The molecule has 2 fully saturated rings. The van der Waals surface area contributed by atoms with Crippen LogP contribution < -0.4 is 19.7 Å². The van der Waals surface area contributed by atoms with Crippen LogP contribution in [0.1, 0.15) is 31.9 Å². The van der Waals surface area contributed by atoms with Crippen LogP contribution in [-0.2, 0) is 14.3 Å². The maximum atomic E-state index is 13.2. The highest BCUT2D eigenvalue weighted by Gasteiger charge is 2.49. The number of benzene rings is 2. The van der Waals surface area contributed by atoms with E-state index in [2.05, 4.69) is 10.2 Å². The minimum Gasteiger partial charge on any atom is -0.454 e. The van der Waals surface area contributed by atoms with E-state index in [0.29, 0.717) is 23.6 Å². The van der Waals surface area contributed by atoms with E-state index in [-0.39, 0.29) is 24.6 Å². The average Bonchev–Trinajstić information content (AvgIpc) is 3.26. The van der Waals surface area contributed by atoms with Gasteiger partial charge < -0.3 is 29.3 Å². The van der Waals surface area contributed by atoms with Gasteiger partial charge in [-0.2, -0.15) is 0 Å². The first-order valence-corrected chi connectivity index (χ1v) is 10.9. The molecule has 0 radical (unpaired) electrons. The third-order valence-electron chi connectivity index (χ3n) is 6.39. The van der Waals surface area contributed by atoms with Crippen LogP contribution in [0, 0.1) is 0 Å². The van der Waals surface area contributed by atoms with E-state index in [0.717, 1.165) is 37.6 Å². The lowest BCUT2D eigenvalue weighted by Gasteiger charge is -2.49. The van der Waals surface area contributed by atoms with Crippen molar-refractivity contribution < 1.29 is 23.8 Å². The van der Waals surface area contributed by atoms with Gasteiger partial charge in [0, 0.05) is 24.5 Å². The molecule has 3 heterocycles. The molecule has 2 aromatic carbocycles. The summed E-state index contributed by atoms with van der Waals surface area (Å²) in [6.07, 6.45) is 0.366. The van der Waals surface area contributed by atoms with Gasteiger partial charge in [0.25, 0.3) is 0 Å². The summed E-state index contributed by atoms with van der Waals surface area (Å²) >= 11 is 0. The molecule has 8 nitrogen and oxygen atoms in total. The Morgan fingerprint density at radius 3 is 2.47 bits per heavy atom. The Balaban J connectivity index is 1.28. The lowest BCUT2D eigenvalue weighted by Crippen LogP contribution is -2.62. The molecule has 0 spiro atoms. The molecule has 3 aliphatic rings. The van der Waals surface area contributed by atoms with E-state index in [1.165, 1.54) is 0 Å². The fourth-order valence-electron chi connectivity index (χ4n) is 4.48. The van der Waals surface area contributed by atoms with Gasteiger partial charge in [-0.1, -0.05) is 6.07 Å². The highest BCUT2D eigenvalue weighted by atomic mass is 16.7. The predicted octanol–water partition coefficient (Wildman–Crippen LogP) is 2.94. The second-order valence-corrected chi connectivity index (χ2v) is 8.76. The fourth-order valence-corrected chi connectivity index (χ4v) is 4.48. The van der Waals surface area contributed by atoms with Crippen LogP contribution in [0.25, 0.3) is 0 Å². The molecule has 0 bridgehead atoms. The van der Waals surface area contributed by atoms with Gasteiger partial charge in [0.1, 0.15) is 5.54 Å². The zero-order valence-electron chi connectivity index (χ0n) is 18.3. The Kier molecular flexibility index (Phi) is 5.17. The minimum atomic E-state index is -1.01. The third kappa shape index (κ3) is 3.64. The van der Waals surface area contributed by atoms with Gasteiger partial charge in [-0.25, -0.2) is 0 Å². The number of amides is 2. The van der Waals surface area contributed by atoms with Crippen LogP contribution >= 0.6 is 0 Å². The predicted molar refractivity (Wildman–Crippen MR) is 119 cm³/mol. The fraction of sp³-hybridized carbons (Fsp3) is 0.417. The lowest BCUT2D eigenvalue weighted by molar-refractivity contribution is -0.160. The summed E-state index contributed by atoms with van der Waals surface area (Å²) in [4.78, 5) is 29.6. The van der Waals surface area contributed by atoms with Crippen molar-refractivity contribution in [2.24, 2.45) is 0 Å². The SMILES string of the molecule is CC(C)(C(=O)Nc1ccc(N2CCOCC2)cc1)N1C(=O)CC1c1ccc2c(c1)OCO2. The van der Waals surface area contributed by atoms with Gasteiger partial charge in [0.15, 0.2) is 11.5 Å². The van der Waals surface area contributed by atoms with E-state index in [9.17, 15) is 9.59 Å². The molecule has 0 aromatic heterocycles. The van der Waals surface area contributed by atoms with Crippen molar-refractivity contribution in [1.82, 2.24) is 4.90 Å². The van der Waals surface area contributed by atoms with Crippen molar-refractivity contribution in [2.45, 2.75) is 31.8 Å². The number of hydrogen-bond donors (Lipinski definition) is 1. The zero-order valence-corrected chi connectivity index (χ0v) is 18.3. The average molecular weight is 437 g/mol. The van der Waals surface area contributed by atoms with Gasteiger partial charge in [-0.15, -0.1) is 0 Å². The Labute approximate surface area is 187 Å². The molecule has 168 valence electrons. The van der Waals surface area contributed by atoms with E-state index in [4.69, 9.17) is 14.2 Å². The maximum Gasteiger partial charge on any atom is 0.249 e. The Morgan fingerprint density at radius 1 is 1.03 bits per heavy atom. The number of likely N-dealkylation sites (tertiary alicyclic amines) is 1. The molecule has 0 saturated carbocycles. The topological polar surface area (TPSA) is 80.3 Å². The first-order valence-electron chi connectivity index (χ1n) is 10.9. The molecular formula is C24H27N3O5. The molecule has 2 aromatic rings. The summed E-state index contributed by atoms with van der Waals surface area (Å²) in [6, 6.07) is 13.3. The summed E-state index contributed by atoms with van der Waals surface area (Å²) in [5, 5.41) is 2.97. The van der Waals surface area contributed by atoms with Gasteiger partial charge in [0.2, 0.25) is 18.6 Å². The van der Waals surface area contributed by atoms with Gasteiger partial charge in [-0.3, -0.25) is 9.59 Å². The molecule has 2 amide bonds. The Morgan fingerprint density at radius 2 is 1.75 bits per heavy atom. The summed E-state index contributed by atoms with van der Waals surface area (Å²) in [5.41, 5.74) is 1.72. The number of fused-ring (bicyclic) bond motifs is 1. The number of anilines is 2. The maximum absolute atomic E-state index is 13.2. The second kappa shape index (κ2) is 8.02. The monoisotopic (exact) mass is 437 g/mol. The van der Waals surface area contributed by atoms with Crippen molar-refractivity contribution in [3.63, 3.8) is 0 Å². The quantitative estimate of drug-likeness (QED) is 0.725. The number of hydrogen-bond acceptors (Lipinski definition) is 6. The van der Waals surface area contributed by atoms with E-state index < -0.39 is 5.54 Å². The van der Waals surface area contributed by atoms with Crippen LogP contribution in [0.3, 0.4) is 0 Å². The number of carbonyl (C=O) groups excluding carboxylic acids is 2. The number of ether oxygens (including phenoxy) is 3. The molecule has 1 atom stereocenters. The zero-order chi connectivity index (χ0) is 22.3. The lowest BCUT2D eigenvalue weighted by atomic mass is 9.86. The van der Waals surface area contributed by atoms with Crippen LogP contribution in [0.15, 0.2) is 42.5 Å². The van der Waals surface area contributed by atoms with E-state index >= 15 is 0 Å². The third-order valence-corrected chi connectivity index (χ3v) is 6.39. The summed E-state index contributed by atoms with van der Waals surface area (Å²) in [5.74, 6) is 1.10. The molecule has 3 aliphatic heterocycles. The van der Waals surface area contributed by atoms with Crippen molar-refractivity contribution in [3.8, 4) is 11.5 Å². The van der Waals surface area contributed by atoms with Gasteiger partial charge in [-0.05, 0) is 55.8 Å². The number of morpholine rings is 1. The van der Waals surface area contributed by atoms with Crippen LogP contribution in [0.2, 0.25) is 0 Å². The molecule has 1 N–H and O–H groups in total. The van der Waals surface area contributed by atoms with E-state index in [1.54, 1.807) is 18.7 Å². The van der Waals surface area contributed by atoms with Crippen molar-refractivity contribution in [1.29, 1.82) is 0 Å². The number of rotatable bonds is 5. The van der Waals surface area contributed by atoms with Gasteiger partial charge >= 0.3 is 0 Å². The molecular weight excluding hydrogens is 410 g/mol. The highest BCUT2D eigenvalue weighted by molar-refractivity contribution is 6.01. The number of nitrogens with zero attached hydrogens (tertiary/aromatic N) is 2. The molecule has 8 heteroatoms. The Hall–Kier alpha value is -3.26. The number of nitrogens with one attached hydrogen (secondary N) is 1. The minimum absolute atomic E-state index is 0.0458. The van der Waals surface area contributed by atoms with Gasteiger partial charge in [0.05, 0.1) is 25.7 Å². The first-order chi connectivity index (χ1) is 15.4. The van der Waals surface area contributed by atoms with E-state index in [1.807, 2.05) is 42.5 Å². The molecule has 5 rings (SSSR count). The molecule has 2 saturated heterocycles. The largest absolute Gasteiger partial charge is 0.454 e. The second-order valence-electron chi connectivity index (χ2n) is 8.76. The van der Waals surface area contributed by atoms with Crippen LogP contribution in [0.4, 0.5) is 11.4 Å². The smallest absolute Gasteiger partial charge is 0.249 e. The van der Waals surface area contributed by atoms with Crippen molar-refractivity contribution in [3.05, 3.63) is 48.0 Å². The van der Waals surface area contributed by atoms with Crippen LogP contribution in [-0.4, -0.2) is 55.3 Å². The summed E-state index contributed by atoms with van der Waals surface area (Å²) < 4.78 is 16.2. The first kappa shape index (κ1) is 20.6. The van der Waals surface area contributed by atoms with Crippen molar-refractivity contribution >= 4 is 23.2 Å². The standard InChI is InChI=1S/C24H27N3O5/c1-24(2,23(29)25-17-4-6-18(7-5-17)26-9-11-30-12-10-26)27-19(14-22(27)28)16-3-8-20-21(13-16)32-15-31-20/h3-8,13,19H,9-12,14-15H2,1-2H3,(H,25,29). The summed E-state index contributed by atoms with van der Waals surface area (Å²) in [6.45, 7) is 6.92. The Bertz CT molecular complexity index is 1030.